The van der Waals surface area contributed by atoms with Crippen molar-refractivity contribution in [2.45, 2.75) is 13.0 Å². The molecule has 3 rings (SSSR count). The summed E-state index contributed by atoms with van der Waals surface area (Å²) in [4.78, 5) is 17.8. The van der Waals surface area contributed by atoms with Gasteiger partial charge < -0.3 is 4.90 Å². The molecule has 0 radical (unpaired) electrons. The van der Waals surface area contributed by atoms with Gasteiger partial charge in [-0.1, -0.05) is 12.1 Å². The Morgan fingerprint density at radius 1 is 1.15 bits per heavy atom. The molecule has 1 aliphatic rings. The highest BCUT2D eigenvalue weighted by atomic mass is 79.9. The van der Waals surface area contributed by atoms with Crippen LogP contribution in [0, 0.1) is 11.3 Å². The Bertz CT molecular complexity index is 822. The predicted octanol–water partition coefficient (Wildman–Crippen LogP) is 4.13. The van der Waals surface area contributed by atoms with Crippen LogP contribution in [0.2, 0.25) is 0 Å². The van der Waals surface area contributed by atoms with E-state index in [2.05, 4.69) is 26.9 Å². The van der Waals surface area contributed by atoms with Crippen LogP contribution >= 0.6 is 27.3 Å². The minimum absolute atomic E-state index is 0.0785. The third-order valence-electron chi connectivity index (χ3n) is 4.37. The molecule has 0 aliphatic carbocycles. The molecule has 1 fully saturated rings. The molecular weight excluding hydrogens is 410 g/mol. The smallest absolute Gasteiger partial charge is 0.246 e. The molecule has 134 valence electrons. The quantitative estimate of drug-likeness (QED) is 0.686. The first-order chi connectivity index (χ1) is 12.6. The molecule has 4 nitrogen and oxygen atoms in total. The fourth-order valence-electron chi connectivity index (χ4n) is 2.97. The number of rotatable bonds is 4. The normalized spacial score (nSPS) is 15.8. The van der Waals surface area contributed by atoms with Gasteiger partial charge in [-0.15, -0.1) is 11.3 Å². The van der Waals surface area contributed by atoms with Gasteiger partial charge in [0.15, 0.2) is 0 Å². The Balaban J connectivity index is 1.53. The third-order valence-corrected chi connectivity index (χ3v) is 5.96. The van der Waals surface area contributed by atoms with Crippen LogP contribution in [-0.2, 0) is 11.3 Å². The van der Waals surface area contributed by atoms with Crippen molar-refractivity contribution in [2.24, 2.45) is 0 Å². The molecule has 0 atom stereocenters. The summed E-state index contributed by atoms with van der Waals surface area (Å²) in [5.74, 6) is 0.0785. The monoisotopic (exact) mass is 429 g/mol. The molecule has 6 heteroatoms. The van der Waals surface area contributed by atoms with Crippen molar-refractivity contribution in [2.75, 3.05) is 26.2 Å². The summed E-state index contributed by atoms with van der Waals surface area (Å²) in [5, 5.41) is 8.88. The minimum Gasteiger partial charge on any atom is -0.338 e. The molecule has 2 heterocycles. The summed E-state index contributed by atoms with van der Waals surface area (Å²) in [6, 6.07) is 13.9. The standard InChI is InChI=1S/C20H20BrN3OS/c21-19-8-6-18(26-19)7-9-20(25)24-11-1-10-23(12-13-24)15-17-4-2-16(14-22)3-5-17/h2-9H,1,10-13,15H2/b9-7+. The highest BCUT2D eigenvalue weighted by molar-refractivity contribution is 9.11. The second-order valence-corrected chi connectivity index (χ2v) is 8.73. The lowest BCUT2D eigenvalue weighted by Crippen LogP contribution is -2.34. The summed E-state index contributed by atoms with van der Waals surface area (Å²) in [6.07, 6.45) is 4.53. The van der Waals surface area contributed by atoms with Crippen LogP contribution in [0.1, 0.15) is 22.4 Å². The van der Waals surface area contributed by atoms with E-state index in [1.54, 1.807) is 17.4 Å². The molecule has 0 spiro atoms. The third kappa shape index (κ3) is 5.28. The molecule has 0 N–H and O–H groups in total. The number of benzene rings is 1. The Kier molecular flexibility index (Phi) is 6.62. The second kappa shape index (κ2) is 9.13. The summed E-state index contributed by atoms with van der Waals surface area (Å²) in [7, 11) is 0. The van der Waals surface area contributed by atoms with Crippen molar-refractivity contribution in [1.29, 1.82) is 5.26 Å². The van der Waals surface area contributed by atoms with Crippen LogP contribution in [0.5, 0.6) is 0 Å². The number of nitrogens with zero attached hydrogens (tertiary/aromatic N) is 3. The van der Waals surface area contributed by atoms with E-state index in [0.29, 0.717) is 5.56 Å². The first-order valence-electron chi connectivity index (χ1n) is 8.58. The first kappa shape index (κ1) is 18.8. The van der Waals surface area contributed by atoms with Gasteiger partial charge in [-0.05, 0) is 58.3 Å². The lowest BCUT2D eigenvalue weighted by atomic mass is 10.1. The van der Waals surface area contributed by atoms with E-state index >= 15 is 0 Å². The Morgan fingerprint density at radius 3 is 2.65 bits per heavy atom. The zero-order valence-electron chi connectivity index (χ0n) is 14.4. The number of hydrogen-bond donors (Lipinski definition) is 0. The molecule has 0 saturated carbocycles. The molecule has 0 unspecified atom stereocenters. The maximum atomic E-state index is 12.4. The van der Waals surface area contributed by atoms with E-state index in [0.717, 1.165) is 47.8 Å². The zero-order valence-corrected chi connectivity index (χ0v) is 16.8. The van der Waals surface area contributed by atoms with Gasteiger partial charge in [0.2, 0.25) is 5.91 Å². The Hall–Kier alpha value is -1.94. The highest BCUT2D eigenvalue weighted by Crippen LogP contribution is 2.23. The van der Waals surface area contributed by atoms with Gasteiger partial charge in [0, 0.05) is 43.7 Å². The lowest BCUT2D eigenvalue weighted by Gasteiger charge is -2.21. The topological polar surface area (TPSA) is 47.3 Å². The minimum atomic E-state index is 0.0785. The molecule has 0 bridgehead atoms. The van der Waals surface area contributed by atoms with Crippen LogP contribution in [0.25, 0.3) is 6.08 Å². The number of nitriles is 1. The van der Waals surface area contributed by atoms with Gasteiger partial charge in [0.1, 0.15) is 0 Å². The average molecular weight is 430 g/mol. The lowest BCUT2D eigenvalue weighted by molar-refractivity contribution is -0.125. The van der Waals surface area contributed by atoms with Gasteiger partial charge in [0.25, 0.3) is 0 Å². The zero-order chi connectivity index (χ0) is 18.4. The predicted molar refractivity (Wildman–Crippen MR) is 109 cm³/mol. The van der Waals surface area contributed by atoms with E-state index in [-0.39, 0.29) is 5.91 Å². The van der Waals surface area contributed by atoms with Crippen LogP contribution in [-0.4, -0.2) is 41.9 Å². The van der Waals surface area contributed by atoms with E-state index in [1.807, 2.05) is 47.4 Å². The number of hydrogen-bond acceptors (Lipinski definition) is 4. The summed E-state index contributed by atoms with van der Waals surface area (Å²) in [5.41, 5.74) is 1.89. The largest absolute Gasteiger partial charge is 0.338 e. The Morgan fingerprint density at radius 2 is 1.96 bits per heavy atom. The van der Waals surface area contributed by atoms with Crippen molar-refractivity contribution >= 4 is 39.2 Å². The maximum Gasteiger partial charge on any atom is 0.246 e. The number of carbonyl (C=O) groups is 1. The summed E-state index contributed by atoms with van der Waals surface area (Å²) < 4.78 is 1.07. The molecule has 1 aliphatic heterocycles. The number of amides is 1. The number of thiophene rings is 1. The summed E-state index contributed by atoms with van der Waals surface area (Å²) >= 11 is 5.05. The molecule has 1 aromatic heterocycles. The summed E-state index contributed by atoms with van der Waals surface area (Å²) in [6.45, 7) is 4.23. The van der Waals surface area contributed by atoms with Gasteiger partial charge >= 0.3 is 0 Å². The van der Waals surface area contributed by atoms with Crippen LogP contribution in [0.15, 0.2) is 46.3 Å². The van der Waals surface area contributed by atoms with Crippen molar-refractivity contribution in [3.8, 4) is 6.07 Å². The molecule has 1 saturated heterocycles. The fourth-order valence-corrected chi connectivity index (χ4v) is 4.30. The first-order valence-corrected chi connectivity index (χ1v) is 10.2. The molecular formula is C20H20BrN3OS. The molecule has 2 aromatic rings. The molecule has 1 aromatic carbocycles. The van der Waals surface area contributed by atoms with Crippen molar-refractivity contribution in [3.05, 3.63) is 62.3 Å². The van der Waals surface area contributed by atoms with Gasteiger partial charge in [-0.2, -0.15) is 5.26 Å². The SMILES string of the molecule is N#Cc1ccc(CN2CCCN(C(=O)/C=C/c3ccc(Br)s3)CC2)cc1. The molecule has 26 heavy (non-hydrogen) atoms. The van der Waals surface area contributed by atoms with Gasteiger partial charge in [-0.3, -0.25) is 9.69 Å². The van der Waals surface area contributed by atoms with Crippen LogP contribution in [0.4, 0.5) is 0 Å². The van der Waals surface area contributed by atoms with Gasteiger partial charge in [-0.25, -0.2) is 0 Å². The van der Waals surface area contributed by atoms with E-state index in [9.17, 15) is 4.79 Å². The molecule has 1 amide bonds. The van der Waals surface area contributed by atoms with Gasteiger partial charge in [0.05, 0.1) is 15.4 Å². The number of halogens is 1. The fraction of sp³-hybridized carbons (Fsp3) is 0.300. The second-order valence-electron chi connectivity index (χ2n) is 6.24. The van der Waals surface area contributed by atoms with E-state index < -0.39 is 0 Å². The van der Waals surface area contributed by atoms with E-state index in [4.69, 9.17) is 5.26 Å². The highest BCUT2D eigenvalue weighted by Gasteiger charge is 2.17. The van der Waals surface area contributed by atoms with Crippen molar-refractivity contribution < 1.29 is 4.79 Å². The maximum absolute atomic E-state index is 12.4. The van der Waals surface area contributed by atoms with Crippen molar-refractivity contribution in [3.63, 3.8) is 0 Å². The van der Waals surface area contributed by atoms with Crippen LogP contribution in [0.3, 0.4) is 0 Å². The number of carbonyl (C=O) groups excluding carboxylic acids is 1. The average Bonchev–Trinajstić information content (AvgIpc) is 2.93. The van der Waals surface area contributed by atoms with E-state index in [1.165, 1.54) is 5.56 Å². The van der Waals surface area contributed by atoms with Crippen molar-refractivity contribution in [1.82, 2.24) is 9.80 Å². The van der Waals surface area contributed by atoms with Crippen LogP contribution < -0.4 is 0 Å². The Labute approximate surface area is 166 Å².